The van der Waals surface area contributed by atoms with E-state index in [9.17, 15) is 0 Å². The van der Waals surface area contributed by atoms with Crippen LogP contribution in [0.15, 0.2) is 36.4 Å². The van der Waals surface area contributed by atoms with Gasteiger partial charge in [-0.2, -0.15) is 0 Å². The largest absolute Gasteiger partial charge is 0.381 e. The van der Waals surface area contributed by atoms with E-state index in [1.54, 1.807) is 0 Å². The normalized spacial score (nSPS) is 19.3. The number of benzene rings is 1. The summed E-state index contributed by atoms with van der Waals surface area (Å²) >= 11 is 0. The summed E-state index contributed by atoms with van der Waals surface area (Å²) in [7, 11) is 0. The highest BCUT2D eigenvalue weighted by Crippen LogP contribution is 2.27. The van der Waals surface area contributed by atoms with Gasteiger partial charge in [-0.3, -0.25) is 0 Å². The Morgan fingerprint density at radius 3 is 3.00 bits per heavy atom. The Morgan fingerprint density at radius 2 is 2.31 bits per heavy atom. The van der Waals surface area contributed by atoms with Gasteiger partial charge >= 0.3 is 0 Å². The first-order valence-electron chi connectivity index (χ1n) is 4.74. The number of hydrogen-bond donors (Lipinski definition) is 1. The molecule has 0 fully saturated rings. The molecule has 0 saturated heterocycles. The first-order chi connectivity index (χ1) is 6.25. The van der Waals surface area contributed by atoms with Crippen LogP contribution in [-0.2, 0) is 6.42 Å². The molecule has 68 valence electrons. The fourth-order valence-electron chi connectivity index (χ4n) is 1.92. The summed E-state index contributed by atoms with van der Waals surface area (Å²) in [4.78, 5) is 0. The van der Waals surface area contributed by atoms with Crippen LogP contribution in [0.25, 0.3) is 0 Å². The Balaban J connectivity index is 2.09. The summed E-state index contributed by atoms with van der Waals surface area (Å²) in [5, 5.41) is 3.50. The van der Waals surface area contributed by atoms with Crippen LogP contribution < -0.4 is 5.32 Å². The number of rotatable bonds is 2. The zero-order chi connectivity index (χ0) is 9.26. The molecular formula is C12H15N. The number of nitrogens with one attached hydrogen (secondary N) is 1. The fourth-order valence-corrected chi connectivity index (χ4v) is 1.92. The van der Waals surface area contributed by atoms with Gasteiger partial charge in [-0.25, -0.2) is 0 Å². The van der Waals surface area contributed by atoms with Crippen LogP contribution in [0.5, 0.6) is 0 Å². The first kappa shape index (κ1) is 8.36. The number of fused-ring (bicyclic) bond motifs is 1. The molecule has 0 radical (unpaired) electrons. The number of hydrogen-bond acceptors (Lipinski definition) is 1. The Morgan fingerprint density at radius 1 is 1.54 bits per heavy atom. The highest BCUT2D eigenvalue weighted by atomic mass is 14.9. The molecule has 13 heavy (non-hydrogen) atoms. The molecule has 1 heterocycles. The minimum absolute atomic E-state index is 0.565. The van der Waals surface area contributed by atoms with E-state index in [0.29, 0.717) is 6.04 Å². The van der Waals surface area contributed by atoms with E-state index >= 15 is 0 Å². The summed E-state index contributed by atoms with van der Waals surface area (Å²) in [5.74, 6) is 0. The number of anilines is 1. The second kappa shape index (κ2) is 3.25. The third kappa shape index (κ3) is 1.74. The van der Waals surface area contributed by atoms with Gasteiger partial charge < -0.3 is 5.32 Å². The first-order valence-corrected chi connectivity index (χ1v) is 4.74. The molecule has 1 aromatic rings. The summed E-state index contributed by atoms with van der Waals surface area (Å²) in [6, 6.07) is 9.09. The van der Waals surface area contributed by atoms with Gasteiger partial charge in [-0.15, -0.1) is 6.58 Å². The molecule has 0 saturated carbocycles. The van der Waals surface area contributed by atoms with Crippen molar-refractivity contribution >= 4 is 5.69 Å². The standard InChI is InChI=1S/C12H15N/c1-9(2)7-11-8-10-5-3-4-6-12(10)13-11/h3-6,11,13H,1,7-8H2,2H3. The van der Waals surface area contributed by atoms with Gasteiger partial charge in [0.15, 0.2) is 0 Å². The molecule has 1 atom stereocenters. The van der Waals surface area contributed by atoms with E-state index in [0.717, 1.165) is 12.8 Å². The predicted molar refractivity (Wildman–Crippen MR) is 57.0 cm³/mol. The zero-order valence-electron chi connectivity index (χ0n) is 8.01. The molecule has 1 heteroatoms. The van der Waals surface area contributed by atoms with Crippen LogP contribution >= 0.6 is 0 Å². The average molecular weight is 173 g/mol. The Labute approximate surface area is 79.5 Å². The van der Waals surface area contributed by atoms with Gasteiger partial charge in [-0.1, -0.05) is 23.8 Å². The Bertz CT molecular complexity index is 303. The minimum Gasteiger partial charge on any atom is -0.381 e. The van der Waals surface area contributed by atoms with Crippen molar-refractivity contribution in [1.82, 2.24) is 0 Å². The van der Waals surface area contributed by atoms with Gasteiger partial charge in [0.25, 0.3) is 0 Å². The highest BCUT2D eigenvalue weighted by Gasteiger charge is 2.18. The van der Waals surface area contributed by atoms with Crippen molar-refractivity contribution in [3.8, 4) is 0 Å². The average Bonchev–Trinajstić information content (AvgIpc) is 2.44. The third-order valence-electron chi connectivity index (χ3n) is 2.44. The molecule has 1 nitrogen and oxygen atoms in total. The van der Waals surface area contributed by atoms with Crippen molar-refractivity contribution in [3.05, 3.63) is 42.0 Å². The van der Waals surface area contributed by atoms with E-state index in [4.69, 9.17) is 0 Å². The SMILES string of the molecule is C=C(C)CC1Cc2ccccc2N1. The van der Waals surface area contributed by atoms with Crippen LogP contribution in [0.3, 0.4) is 0 Å². The van der Waals surface area contributed by atoms with Crippen molar-refractivity contribution in [2.24, 2.45) is 0 Å². The molecule has 1 aliphatic heterocycles. The molecule has 0 aliphatic carbocycles. The molecule has 0 amide bonds. The zero-order valence-corrected chi connectivity index (χ0v) is 8.01. The molecule has 1 unspecified atom stereocenters. The van der Waals surface area contributed by atoms with Gasteiger partial charge in [0, 0.05) is 11.7 Å². The quantitative estimate of drug-likeness (QED) is 0.678. The van der Waals surface area contributed by atoms with Gasteiger partial charge in [0.1, 0.15) is 0 Å². The Kier molecular flexibility index (Phi) is 2.09. The van der Waals surface area contributed by atoms with Crippen LogP contribution in [0.4, 0.5) is 5.69 Å². The second-order valence-electron chi connectivity index (χ2n) is 3.86. The lowest BCUT2D eigenvalue weighted by Crippen LogP contribution is -2.14. The van der Waals surface area contributed by atoms with Gasteiger partial charge in [0.05, 0.1) is 0 Å². The van der Waals surface area contributed by atoms with Crippen molar-refractivity contribution < 1.29 is 0 Å². The Hall–Kier alpha value is -1.24. The van der Waals surface area contributed by atoms with E-state index in [1.807, 2.05) is 0 Å². The summed E-state index contributed by atoms with van der Waals surface area (Å²) in [5.41, 5.74) is 3.99. The molecular weight excluding hydrogens is 158 g/mol. The maximum absolute atomic E-state index is 3.94. The number of para-hydroxylation sites is 1. The van der Waals surface area contributed by atoms with Gasteiger partial charge in [-0.05, 0) is 31.4 Å². The lowest BCUT2D eigenvalue weighted by molar-refractivity contribution is 0.741. The minimum atomic E-state index is 0.565. The summed E-state index contributed by atoms with van der Waals surface area (Å²) < 4.78 is 0. The smallest absolute Gasteiger partial charge is 0.0375 e. The molecule has 1 aromatic carbocycles. The monoisotopic (exact) mass is 173 g/mol. The van der Waals surface area contributed by atoms with Crippen molar-refractivity contribution in [2.45, 2.75) is 25.8 Å². The van der Waals surface area contributed by atoms with Crippen molar-refractivity contribution in [1.29, 1.82) is 0 Å². The van der Waals surface area contributed by atoms with E-state index < -0.39 is 0 Å². The molecule has 0 spiro atoms. The van der Waals surface area contributed by atoms with E-state index in [-0.39, 0.29) is 0 Å². The molecule has 0 bridgehead atoms. The second-order valence-corrected chi connectivity index (χ2v) is 3.86. The van der Waals surface area contributed by atoms with Crippen molar-refractivity contribution in [3.63, 3.8) is 0 Å². The fraction of sp³-hybridized carbons (Fsp3) is 0.333. The lowest BCUT2D eigenvalue weighted by atomic mass is 10.0. The van der Waals surface area contributed by atoms with Crippen LogP contribution in [0.1, 0.15) is 18.9 Å². The maximum Gasteiger partial charge on any atom is 0.0375 e. The summed E-state index contributed by atoms with van der Waals surface area (Å²) in [6.45, 7) is 6.03. The maximum atomic E-state index is 3.94. The topological polar surface area (TPSA) is 12.0 Å². The van der Waals surface area contributed by atoms with Crippen LogP contribution in [0.2, 0.25) is 0 Å². The lowest BCUT2D eigenvalue weighted by Gasteiger charge is -2.09. The molecule has 2 rings (SSSR count). The predicted octanol–water partition coefficient (Wildman–Crippen LogP) is 2.99. The van der Waals surface area contributed by atoms with Gasteiger partial charge in [0.2, 0.25) is 0 Å². The highest BCUT2D eigenvalue weighted by molar-refractivity contribution is 5.56. The molecule has 1 aliphatic rings. The van der Waals surface area contributed by atoms with Crippen LogP contribution in [-0.4, -0.2) is 6.04 Å². The molecule has 1 N–H and O–H groups in total. The third-order valence-corrected chi connectivity index (χ3v) is 2.44. The van der Waals surface area contributed by atoms with Crippen LogP contribution in [0, 0.1) is 0 Å². The summed E-state index contributed by atoms with van der Waals surface area (Å²) in [6.07, 6.45) is 2.22. The van der Waals surface area contributed by atoms with E-state index in [2.05, 4.69) is 43.1 Å². The van der Waals surface area contributed by atoms with E-state index in [1.165, 1.54) is 16.8 Å². The van der Waals surface area contributed by atoms with Crippen molar-refractivity contribution in [2.75, 3.05) is 5.32 Å². The molecule has 0 aromatic heterocycles.